The number of carbonyl (C=O) groups excluding carboxylic acids is 1. The molecule has 5 heteroatoms. The zero-order valence-corrected chi connectivity index (χ0v) is 20.3. The van der Waals surface area contributed by atoms with Crippen LogP contribution < -0.4 is 10.2 Å². The van der Waals surface area contributed by atoms with Crippen molar-refractivity contribution in [3.05, 3.63) is 63.1 Å². The molecular weight excluding hydrogens is 402 g/mol. The van der Waals surface area contributed by atoms with Crippen LogP contribution >= 0.6 is 11.8 Å². The molecule has 1 N–H and O–H groups in total. The molecule has 31 heavy (non-hydrogen) atoms. The Balaban J connectivity index is 1.66. The smallest absolute Gasteiger partial charge is 0.264 e. The molecule has 1 fully saturated rings. The summed E-state index contributed by atoms with van der Waals surface area (Å²) in [5.41, 5.74) is 8.26. The lowest BCUT2D eigenvalue weighted by atomic mass is 9.79. The van der Waals surface area contributed by atoms with Crippen molar-refractivity contribution in [3.8, 4) is 0 Å². The molecule has 0 saturated carbocycles. The first-order valence-corrected chi connectivity index (χ1v) is 11.6. The van der Waals surface area contributed by atoms with Crippen molar-refractivity contribution in [2.75, 3.05) is 11.9 Å². The predicted molar refractivity (Wildman–Crippen MR) is 133 cm³/mol. The number of nitrogens with zero attached hydrogens (tertiary/aromatic N) is 2. The number of nitrogens with one attached hydrogen (secondary N) is 1. The first kappa shape index (κ1) is 21.7. The number of hydrogen-bond acceptors (Lipinski definition) is 4. The van der Waals surface area contributed by atoms with Gasteiger partial charge in [-0.3, -0.25) is 4.79 Å². The summed E-state index contributed by atoms with van der Waals surface area (Å²) in [5.74, 6) is 0.391. The normalized spacial score (nSPS) is 22.7. The second-order valence-corrected chi connectivity index (χ2v) is 10.5. The van der Waals surface area contributed by atoms with Crippen LogP contribution in [0.2, 0.25) is 0 Å². The number of aryl methyl sites for hydroxylation is 3. The number of aliphatic imine (C=N–C) groups is 1. The molecule has 0 aromatic heterocycles. The van der Waals surface area contributed by atoms with Gasteiger partial charge in [0.05, 0.1) is 10.6 Å². The second-order valence-electron chi connectivity index (χ2n) is 9.52. The molecule has 2 aromatic rings. The fourth-order valence-electron chi connectivity index (χ4n) is 4.55. The third-order valence-electron chi connectivity index (χ3n) is 6.53. The summed E-state index contributed by atoms with van der Waals surface area (Å²) in [5, 5.41) is 3.55. The van der Waals surface area contributed by atoms with E-state index in [9.17, 15) is 4.79 Å². The third-order valence-corrected chi connectivity index (χ3v) is 7.44. The molecular formula is C26H31N3OS. The molecule has 0 aliphatic carbocycles. The van der Waals surface area contributed by atoms with Crippen LogP contribution in [0, 0.1) is 20.8 Å². The van der Waals surface area contributed by atoms with Crippen molar-refractivity contribution in [2.45, 2.75) is 59.4 Å². The van der Waals surface area contributed by atoms with Gasteiger partial charge in [0.1, 0.15) is 0 Å². The zero-order chi connectivity index (χ0) is 22.5. The van der Waals surface area contributed by atoms with Gasteiger partial charge >= 0.3 is 0 Å². The number of hydrogen-bond donors (Lipinski definition) is 1. The lowest BCUT2D eigenvalue weighted by molar-refractivity contribution is -0.115. The Kier molecular flexibility index (Phi) is 5.50. The van der Waals surface area contributed by atoms with Crippen LogP contribution in [0.4, 0.5) is 11.4 Å². The van der Waals surface area contributed by atoms with E-state index in [0.29, 0.717) is 16.0 Å². The Morgan fingerprint density at radius 2 is 1.90 bits per heavy atom. The van der Waals surface area contributed by atoms with Crippen LogP contribution in [-0.4, -0.2) is 23.7 Å². The van der Waals surface area contributed by atoms with E-state index >= 15 is 0 Å². The van der Waals surface area contributed by atoms with Crippen LogP contribution in [0.1, 0.15) is 60.9 Å². The van der Waals surface area contributed by atoms with Crippen LogP contribution in [0.15, 0.2) is 40.2 Å². The monoisotopic (exact) mass is 433 g/mol. The third kappa shape index (κ3) is 4.16. The number of anilines is 1. The molecule has 2 aliphatic rings. The maximum absolute atomic E-state index is 12.6. The second kappa shape index (κ2) is 7.86. The molecule has 1 saturated heterocycles. The maximum atomic E-state index is 12.6. The summed E-state index contributed by atoms with van der Waals surface area (Å²) in [6.07, 6.45) is 3.12. The number of benzene rings is 2. The summed E-state index contributed by atoms with van der Waals surface area (Å²) in [4.78, 5) is 20.4. The standard InChI is InChI=1S/C26H31N3OS/c1-15-8-9-21(17(3)10-15)27-25-28-24(30)23(31-25)13-19-12-20-18(4)14-26(5,6)29(7)22(20)11-16(19)2/h8-13,18H,14H2,1-7H3,(H,27,28,30)/b23-13+. The number of fused-ring (bicyclic) bond motifs is 1. The van der Waals surface area contributed by atoms with Gasteiger partial charge in [-0.15, -0.1) is 0 Å². The Morgan fingerprint density at radius 3 is 2.61 bits per heavy atom. The molecule has 1 atom stereocenters. The molecule has 2 aliphatic heterocycles. The average molecular weight is 434 g/mol. The molecule has 1 unspecified atom stereocenters. The van der Waals surface area contributed by atoms with Crippen LogP contribution in [0.5, 0.6) is 0 Å². The average Bonchev–Trinajstić information content (AvgIpc) is 3.02. The summed E-state index contributed by atoms with van der Waals surface area (Å²) < 4.78 is 0. The van der Waals surface area contributed by atoms with Crippen molar-refractivity contribution >= 4 is 40.3 Å². The van der Waals surface area contributed by atoms with Gasteiger partial charge in [-0.2, -0.15) is 0 Å². The topological polar surface area (TPSA) is 44.7 Å². The molecule has 4 nitrogen and oxygen atoms in total. The predicted octanol–water partition coefficient (Wildman–Crippen LogP) is 6.23. The minimum Gasteiger partial charge on any atom is -0.369 e. The molecule has 1 amide bonds. The van der Waals surface area contributed by atoms with E-state index in [1.165, 1.54) is 34.1 Å². The summed E-state index contributed by atoms with van der Waals surface area (Å²) in [6, 6.07) is 10.7. The van der Waals surface area contributed by atoms with Crippen LogP contribution in [-0.2, 0) is 4.79 Å². The van der Waals surface area contributed by atoms with Crippen LogP contribution in [0.25, 0.3) is 6.08 Å². The van der Waals surface area contributed by atoms with E-state index in [4.69, 9.17) is 0 Å². The summed E-state index contributed by atoms with van der Waals surface area (Å²) in [7, 11) is 2.18. The first-order valence-electron chi connectivity index (χ1n) is 10.8. The summed E-state index contributed by atoms with van der Waals surface area (Å²) in [6.45, 7) is 13.1. The van der Waals surface area contributed by atoms with Crippen molar-refractivity contribution in [1.29, 1.82) is 0 Å². The Bertz CT molecular complexity index is 1130. The highest BCUT2D eigenvalue weighted by Crippen LogP contribution is 2.44. The highest BCUT2D eigenvalue weighted by Gasteiger charge is 2.34. The van der Waals surface area contributed by atoms with Crippen molar-refractivity contribution in [1.82, 2.24) is 5.32 Å². The van der Waals surface area contributed by atoms with E-state index < -0.39 is 0 Å². The van der Waals surface area contributed by atoms with Crippen molar-refractivity contribution in [3.63, 3.8) is 0 Å². The zero-order valence-electron chi connectivity index (χ0n) is 19.5. The number of thioether (sulfide) groups is 1. The highest BCUT2D eigenvalue weighted by atomic mass is 32.2. The van der Waals surface area contributed by atoms with Gasteiger partial charge in [-0.05, 0) is 105 Å². The molecule has 4 rings (SSSR count). The minimum absolute atomic E-state index is 0.0862. The number of carbonyl (C=O) groups is 1. The highest BCUT2D eigenvalue weighted by molar-refractivity contribution is 8.18. The van der Waals surface area contributed by atoms with Gasteiger partial charge < -0.3 is 10.2 Å². The SMILES string of the molecule is Cc1ccc(N=C2NC(=O)/C(=C\c3cc4c(cc3C)N(C)C(C)(C)CC4C)S2)c(C)c1. The Hall–Kier alpha value is -2.53. The molecule has 2 heterocycles. The maximum Gasteiger partial charge on any atom is 0.264 e. The number of amidine groups is 1. The fourth-order valence-corrected chi connectivity index (χ4v) is 5.38. The van der Waals surface area contributed by atoms with E-state index in [0.717, 1.165) is 23.2 Å². The van der Waals surface area contributed by atoms with Crippen molar-refractivity contribution in [2.24, 2.45) is 4.99 Å². The lowest BCUT2D eigenvalue weighted by Crippen LogP contribution is -2.45. The number of rotatable bonds is 2. The van der Waals surface area contributed by atoms with E-state index in [1.807, 2.05) is 25.1 Å². The van der Waals surface area contributed by atoms with E-state index in [1.54, 1.807) is 0 Å². The first-order chi connectivity index (χ1) is 14.5. The number of amides is 1. The van der Waals surface area contributed by atoms with Gasteiger partial charge in [0.15, 0.2) is 5.17 Å². The van der Waals surface area contributed by atoms with Gasteiger partial charge in [-0.25, -0.2) is 4.99 Å². The Labute approximate surface area is 189 Å². The Morgan fingerprint density at radius 1 is 1.16 bits per heavy atom. The van der Waals surface area contributed by atoms with Gasteiger partial charge in [0.25, 0.3) is 5.91 Å². The molecule has 0 bridgehead atoms. The summed E-state index contributed by atoms with van der Waals surface area (Å²) >= 11 is 1.41. The van der Waals surface area contributed by atoms with E-state index in [2.05, 4.69) is 75.1 Å². The lowest BCUT2D eigenvalue weighted by Gasteiger charge is -2.45. The van der Waals surface area contributed by atoms with E-state index in [-0.39, 0.29) is 11.4 Å². The van der Waals surface area contributed by atoms with Crippen LogP contribution in [0.3, 0.4) is 0 Å². The van der Waals surface area contributed by atoms with Gasteiger partial charge in [0.2, 0.25) is 0 Å². The van der Waals surface area contributed by atoms with Gasteiger partial charge in [0, 0.05) is 18.3 Å². The molecule has 162 valence electrons. The van der Waals surface area contributed by atoms with Gasteiger partial charge in [-0.1, -0.05) is 24.6 Å². The van der Waals surface area contributed by atoms with Crippen molar-refractivity contribution < 1.29 is 4.79 Å². The molecule has 0 spiro atoms. The molecule has 2 aromatic carbocycles. The molecule has 0 radical (unpaired) electrons. The largest absolute Gasteiger partial charge is 0.369 e. The minimum atomic E-state index is -0.0862. The quantitative estimate of drug-likeness (QED) is 0.571. The fraction of sp³-hybridized carbons (Fsp3) is 0.385.